The lowest BCUT2D eigenvalue weighted by atomic mass is 10.3. The van der Waals surface area contributed by atoms with Gasteiger partial charge in [0.2, 0.25) is 0 Å². The lowest BCUT2D eigenvalue weighted by Crippen LogP contribution is -2.33. The first-order valence-corrected chi connectivity index (χ1v) is 9.25. The average molecular weight is 394 g/mol. The average Bonchev–Trinajstić information content (AvgIpc) is 3.24. The third-order valence-electron chi connectivity index (χ3n) is 3.93. The number of fused-ring (bicyclic) bond motifs is 1. The molecule has 0 saturated heterocycles. The van der Waals surface area contributed by atoms with Crippen LogP contribution in [0.1, 0.15) is 23.8 Å². The van der Waals surface area contributed by atoms with Gasteiger partial charge >= 0.3 is 0 Å². The predicted octanol–water partition coefficient (Wildman–Crippen LogP) is 3.53. The van der Waals surface area contributed by atoms with Gasteiger partial charge in [-0.05, 0) is 52.2 Å². The molecule has 0 saturated carbocycles. The second kappa shape index (κ2) is 9.12. The molecule has 1 aromatic carbocycles. The molecule has 0 spiro atoms. The van der Waals surface area contributed by atoms with E-state index in [1.54, 1.807) is 27.0 Å². The number of nitrogens with zero attached hydrogens (tertiary/aromatic N) is 5. The first-order chi connectivity index (χ1) is 12.1. The molecule has 3 aromatic rings. The van der Waals surface area contributed by atoms with Crippen LogP contribution in [-0.2, 0) is 6.54 Å². The highest BCUT2D eigenvalue weighted by molar-refractivity contribution is 7.22. The zero-order valence-electron chi connectivity index (χ0n) is 15.3. The summed E-state index contributed by atoms with van der Waals surface area (Å²) in [5.74, 6) is -0.0926. The van der Waals surface area contributed by atoms with E-state index in [0.29, 0.717) is 12.2 Å². The maximum absolute atomic E-state index is 13.0. The van der Waals surface area contributed by atoms with Crippen molar-refractivity contribution in [3.05, 3.63) is 42.2 Å². The van der Waals surface area contributed by atoms with Gasteiger partial charge in [-0.25, -0.2) is 4.98 Å². The molecule has 0 fully saturated rings. The van der Waals surface area contributed by atoms with Gasteiger partial charge in [0.25, 0.3) is 5.91 Å². The topological polar surface area (TPSA) is 54.3 Å². The Labute approximate surface area is 163 Å². The van der Waals surface area contributed by atoms with E-state index in [0.717, 1.165) is 34.9 Å². The quantitative estimate of drug-likeness (QED) is 0.616. The molecule has 8 heteroatoms. The second-order valence-corrected chi connectivity index (χ2v) is 7.14. The van der Waals surface area contributed by atoms with Crippen LogP contribution in [0.15, 0.2) is 36.5 Å². The Hall–Kier alpha value is -1.96. The minimum absolute atomic E-state index is 0. The third kappa shape index (κ3) is 4.60. The van der Waals surface area contributed by atoms with Crippen LogP contribution in [0, 0.1) is 0 Å². The summed E-state index contributed by atoms with van der Waals surface area (Å²) in [4.78, 5) is 21.6. The number of carbonyl (C=O) groups excluding carboxylic acids is 1. The number of halogens is 1. The summed E-state index contributed by atoms with van der Waals surface area (Å²) < 4.78 is 2.85. The monoisotopic (exact) mass is 393 g/mol. The molecular weight excluding hydrogens is 370 g/mol. The number of para-hydroxylation sites is 1. The van der Waals surface area contributed by atoms with Gasteiger partial charge in [-0.15, -0.1) is 12.4 Å². The molecule has 0 atom stereocenters. The van der Waals surface area contributed by atoms with Crippen molar-refractivity contribution in [2.75, 3.05) is 32.1 Å². The van der Waals surface area contributed by atoms with E-state index in [-0.39, 0.29) is 18.3 Å². The molecule has 0 unspecified atom stereocenters. The molecule has 0 aliphatic carbocycles. The smallest absolute Gasteiger partial charge is 0.280 e. The molecule has 0 bridgehead atoms. The van der Waals surface area contributed by atoms with Gasteiger partial charge in [0.05, 0.1) is 10.2 Å². The van der Waals surface area contributed by atoms with Crippen LogP contribution >= 0.6 is 23.7 Å². The van der Waals surface area contributed by atoms with Gasteiger partial charge in [0, 0.05) is 19.3 Å². The highest BCUT2D eigenvalue weighted by Crippen LogP contribution is 2.29. The summed E-state index contributed by atoms with van der Waals surface area (Å²) in [7, 11) is 4.07. The fourth-order valence-corrected chi connectivity index (χ4v) is 3.58. The van der Waals surface area contributed by atoms with Crippen molar-refractivity contribution in [2.24, 2.45) is 0 Å². The van der Waals surface area contributed by atoms with Crippen molar-refractivity contribution < 1.29 is 4.79 Å². The van der Waals surface area contributed by atoms with Crippen LogP contribution < -0.4 is 4.90 Å². The van der Waals surface area contributed by atoms with E-state index in [9.17, 15) is 4.79 Å². The molecule has 3 rings (SSSR count). The minimum atomic E-state index is -0.0926. The lowest BCUT2D eigenvalue weighted by molar-refractivity contribution is 0.0980. The molecule has 1 amide bonds. The van der Waals surface area contributed by atoms with Crippen molar-refractivity contribution >= 4 is 45.0 Å². The van der Waals surface area contributed by atoms with Crippen LogP contribution in [0.3, 0.4) is 0 Å². The largest absolute Gasteiger partial charge is 0.309 e. The molecular formula is C18H24ClN5OS. The Kier molecular flexibility index (Phi) is 7.14. The molecule has 2 heterocycles. The number of benzene rings is 1. The van der Waals surface area contributed by atoms with E-state index in [1.165, 1.54) is 0 Å². The standard InChI is InChI=1S/C18H23N5OS.ClH/c1-4-22-13-10-15(20-22)17(24)23(12-7-11-21(2)3)18-19-14-8-5-6-9-16(14)25-18;/h5-6,8-10,13H,4,7,11-12H2,1-3H3;1H. The lowest BCUT2D eigenvalue weighted by Gasteiger charge is -2.20. The zero-order valence-corrected chi connectivity index (χ0v) is 16.9. The third-order valence-corrected chi connectivity index (χ3v) is 4.99. The van der Waals surface area contributed by atoms with E-state index in [2.05, 4.69) is 15.0 Å². The number of amides is 1. The summed E-state index contributed by atoms with van der Waals surface area (Å²) in [5, 5.41) is 5.10. The fraction of sp³-hybridized carbons (Fsp3) is 0.389. The SMILES string of the molecule is CCn1ccc(C(=O)N(CCCN(C)C)c2nc3ccccc3s2)n1.Cl. The van der Waals surface area contributed by atoms with Gasteiger partial charge in [0.1, 0.15) is 0 Å². The van der Waals surface area contributed by atoms with Crippen molar-refractivity contribution in [1.29, 1.82) is 0 Å². The summed E-state index contributed by atoms with van der Waals surface area (Å²) in [6, 6.07) is 9.74. The number of hydrogen-bond donors (Lipinski definition) is 0. The summed E-state index contributed by atoms with van der Waals surface area (Å²) in [6.07, 6.45) is 2.72. The maximum atomic E-state index is 13.0. The number of hydrogen-bond acceptors (Lipinski definition) is 5. The number of aryl methyl sites for hydroxylation is 1. The van der Waals surface area contributed by atoms with Crippen molar-refractivity contribution in [3.8, 4) is 0 Å². The zero-order chi connectivity index (χ0) is 17.8. The fourth-order valence-electron chi connectivity index (χ4n) is 2.59. The number of aromatic nitrogens is 3. The molecule has 6 nitrogen and oxygen atoms in total. The van der Waals surface area contributed by atoms with Crippen molar-refractivity contribution in [2.45, 2.75) is 19.9 Å². The first kappa shape index (κ1) is 20.4. The summed E-state index contributed by atoms with van der Waals surface area (Å²) in [5.41, 5.74) is 1.39. The number of rotatable bonds is 7. The van der Waals surface area contributed by atoms with Crippen molar-refractivity contribution in [1.82, 2.24) is 19.7 Å². The summed E-state index contributed by atoms with van der Waals surface area (Å²) >= 11 is 1.55. The molecule has 0 aliphatic rings. The van der Waals surface area contributed by atoms with Gasteiger partial charge in [-0.3, -0.25) is 14.4 Å². The van der Waals surface area contributed by atoms with Gasteiger partial charge in [-0.2, -0.15) is 5.10 Å². The van der Waals surface area contributed by atoms with E-state index < -0.39 is 0 Å². The molecule has 2 aromatic heterocycles. The Bertz CT molecular complexity index is 827. The Morgan fingerprint density at radius 2 is 1.96 bits per heavy atom. The van der Waals surface area contributed by atoms with Crippen LogP contribution in [0.2, 0.25) is 0 Å². The van der Waals surface area contributed by atoms with Gasteiger partial charge in [-0.1, -0.05) is 23.5 Å². The molecule has 26 heavy (non-hydrogen) atoms. The van der Waals surface area contributed by atoms with Gasteiger partial charge < -0.3 is 4.90 Å². The van der Waals surface area contributed by atoms with E-state index >= 15 is 0 Å². The first-order valence-electron chi connectivity index (χ1n) is 8.44. The molecule has 0 N–H and O–H groups in total. The molecule has 140 valence electrons. The maximum Gasteiger partial charge on any atom is 0.280 e. The second-order valence-electron chi connectivity index (χ2n) is 6.13. The summed E-state index contributed by atoms with van der Waals surface area (Å²) in [6.45, 7) is 4.28. The molecule has 0 radical (unpaired) electrons. The predicted molar refractivity (Wildman–Crippen MR) is 110 cm³/mol. The number of anilines is 1. The van der Waals surface area contributed by atoms with Gasteiger partial charge in [0.15, 0.2) is 10.8 Å². The van der Waals surface area contributed by atoms with Crippen LogP contribution in [0.5, 0.6) is 0 Å². The van der Waals surface area contributed by atoms with Crippen LogP contribution in [0.25, 0.3) is 10.2 Å². The van der Waals surface area contributed by atoms with Crippen LogP contribution in [0.4, 0.5) is 5.13 Å². The Balaban J connectivity index is 0.00000243. The van der Waals surface area contributed by atoms with E-state index in [1.807, 2.05) is 51.5 Å². The Morgan fingerprint density at radius 3 is 2.62 bits per heavy atom. The van der Waals surface area contributed by atoms with E-state index in [4.69, 9.17) is 0 Å². The van der Waals surface area contributed by atoms with Crippen LogP contribution in [-0.4, -0.2) is 52.8 Å². The minimum Gasteiger partial charge on any atom is -0.309 e. The number of thiazole rings is 1. The highest BCUT2D eigenvalue weighted by atomic mass is 35.5. The van der Waals surface area contributed by atoms with Crippen molar-refractivity contribution in [3.63, 3.8) is 0 Å². The Morgan fingerprint density at radius 1 is 1.19 bits per heavy atom. The normalized spacial score (nSPS) is 10.9. The highest BCUT2D eigenvalue weighted by Gasteiger charge is 2.23. The molecule has 0 aliphatic heterocycles. The number of carbonyl (C=O) groups is 1.